The van der Waals surface area contributed by atoms with Crippen molar-refractivity contribution in [1.82, 2.24) is 10.3 Å². The van der Waals surface area contributed by atoms with Crippen LogP contribution in [0.2, 0.25) is 0 Å². The van der Waals surface area contributed by atoms with Crippen molar-refractivity contribution in [3.63, 3.8) is 0 Å². The molecule has 3 amide bonds. The first-order chi connectivity index (χ1) is 26.7. The number of carbonyl (C=O) groups excluding carboxylic acids is 3. The lowest BCUT2D eigenvalue weighted by atomic mass is 10.1. The molecule has 0 aliphatic rings. The Morgan fingerprint density at radius 3 is 2.25 bits per heavy atom. The van der Waals surface area contributed by atoms with Gasteiger partial charge in [0, 0.05) is 44.8 Å². The molecule has 14 heteroatoms. The summed E-state index contributed by atoms with van der Waals surface area (Å²) in [6, 6.07) is 36.0. The number of amides is 3. The number of carbonyl (C=O) groups is 3. The van der Waals surface area contributed by atoms with Crippen LogP contribution in [0.5, 0.6) is 11.5 Å². The van der Waals surface area contributed by atoms with Crippen LogP contribution in [-0.4, -0.2) is 41.8 Å². The average molecular weight is 772 g/mol. The van der Waals surface area contributed by atoms with Crippen molar-refractivity contribution in [2.75, 3.05) is 24.9 Å². The average Bonchev–Trinajstić information content (AvgIpc) is 3.69. The Labute approximate surface area is 324 Å². The van der Waals surface area contributed by atoms with Crippen molar-refractivity contribution in [3.8, 4) is 22.8 Å². The van der Waals surface area contributed by atoms with Gasteiger partial charge in [0.05, 0.1) is 24.8 Å². The first kappa shape index (κ1) is 38.0. The second-order valence-electron chi connectivity index (χ2n) is 11.7. The van der Waals surface area contributed by atoms with Crippen LogP contribution < -0.4 is 25.4 Å². The number of methoxy groups -OCH3 is 2. The van der Waals surface area contributed by atoms with Crippen LogP contribution >= 0.6 is 23.1 Å². The van der Waals surface area contributed by atoms with E-state index in [1.54, 1.807) is 90.3 Å². The molecule has 12 nitrogen and oxygen atoms in total. The van der Waals surface area contributed by atoms with E-state index in [0.717, 1.165) is 10.5 Å². The number of benzene rings is 5. The number of thioether (sulfide) groups is 1. The van der Waals surface area contributed by atoms with E-state index < -0.39 is 22.0 Å². The van der Waals surface area contributed by atoms with E-state index in [-0.39, 0.29) is 17.3 Å². The number of aromatic nitrogens is 1. The van der Waals surface area contributed by atoms with Gasteiger partial charge < -0.3 is 25.4 Å². The van der Waals surface area contributed by atoms with Crippen molar-refractivity contribution < 1.29 is 28.8 Å². The molecule has 3 N–H and O–H groups in total. The molecule has 0 aliphatic carbocycles. The van der Waals surface area contributed by atoms with E-state index in [1.165, 1.54) is 55.5 Å². The third kappa shape index (κ3) is 9.81. The lowest BCUT2D eigenvalue weighted by Crippen LogP contribution is -2.30. The number of rotatable bonds is 14. The molecule has 276 valence electrons. The van der Waals surface area contributed by atoms with Crippen LogP contribution in [0.25, 0.3) is 17.3 Å². The Hall–Kier alpha value is -6.77. The molecule has 55 heavy (non-hydrogen) atoms. The second kappa shape index (κ2) is 17.8. The summed E-state index contributed by atoms with van der Waals surface area (Å²) in [5, 5.41) is 21.1. The van der Waals surface area contributed by atoms with Crippen molar-refractivity contribution in [2.24, 2.45) is 0 Å². The summed E-state index contributed by atoms with van der Waals surface area (Å²) in [7, 11) is 3.03. The van der Waals surface area contributed by atoms with Crippen LogP contribution in [0.1, 0.15) is 26.7 Å². The third-order valence-electron chi connectivity index (χ3n) is 8.06. The lowest BCUT2D eigenvalue weighted by molar-refractivity contribution is -0.384. The van der Waals surface area contributed by atoms with Gasteiger partial charge in [-0.3, -0.25) is 24.5 Å². The first-order valence-electron chi connectivity index (χ1n) is 16.6. The van der Waals surface area contributed by atoms with Crippen LogP contribution in [0, 0.1) is 10.1 Å². The fourth-order valence-corrected chi connectivity index (χ4v) is 7.06. The summed E-state index contributed by atoms with van der Waals surface area (Å²) in [6.07, 6.45) is 1.51. The van der Waals surface area contributed by atoms with Crippen LogP contribution in [0.15, 0.2) is 143 Å². The number of nitro benzene ring substituents is 1. The van der Waals surface area contributed by atoms with Gasteiger partial charge >= 0.3 is 0 Å². The topological polar surface area (TPSA) is 162 Å². The summed E-state index contributed by atoms with van der Waals surface area (Å²) in [5.74, 6) is -0.363. The fourth-order valence-electron chi connectivity index (χ4n) is 5.32. The van der Waals surface area contributed by atoms with Crippen LogP contribution in [-0.2, 0) is 9.59 Å². The van der Waals surface area contributed by atoms with Gasteiger partial charge in [0.25, 0.3) is 17.5 Å². The molecule has 1 unspecified atom stereocenters. The molecule has 0 bridgehead atoms. The summed E-state index contributed by atoms with van der Waals surface area (Å²) in [4.78, 5) is 56.7. The number of thiazole rings is 1. The van der Waals surface area contributed by atoms with E-state index in [1.807, 2.05) is 30.3 Å². The number of hydrogen-bond donors (Lipinski definition) is 3. The molecule has 0 spiro atoms. The summed E-state index contributed by atoms with van der Waals surface area (Å²) in [5.41, 5.74) is 3.07. The smallest absolute Gasteiger partial charge is 0.272 e. The van der Waals surface area contributed by atoms with E-state index in [0.29, 0.717) is 44.7 Å². The number of nitrogens with zero attached hydrogens (tertiary/aromatic N) is 2. The molecule has 1 aromatic heterocycles. The highest BCUT2D eigenvalue weighted by Gasteiger charge is 2.24. The number of hydrogen-bond acceptors (Lipinski definition) is 10. The Bertz CT molecular complexity index is 2350. The van der Waals surface area contributed by atoms with Crippen molar-refractivity contribution in [3.05, 3.63) is 165 Å². The number of anilines is 2. The van der Waals surface area contributed by atoms with Gasteiger partial charge in [-0.05, 0) is 66.2 Å². The monoisotopic (exact) mass is 771 g/mol. The standard InChI is InChI=1S/C41H33N5O7S2/c1-52-32-18-21-36(53-2)29(23-32)24-34(43-38(47)27-12-7-4-8-13-27)39(48)42-30-16-19-33(20-17-30)55-37(26-10-5-3-6-11-26)40(49)45-41-44-35(25-54-41)28-14-9-15-31(22-28)46(50)51/h3-25,37H,1-2H3,(H,42,48)(H,43,47)(H,44,45,49)/b34-24-. The second-order valence-corrected chi connectivity index (χ2v) is 13.7. The molecule has 0 saturated heterocycles. The van der Waals surface area contributed by atoms with Gasteiger partial charge in [-0.15, -0.1) is 23.1 Å². The van der Waals surface area contributed by atoms with Crippen molar-refractivity contribution >= 4 is 63.4 Å². The first-order valence-corrected chi connectivity index (χ1v) is 18.4. The summed E-state index contributed by atoms with van der Waals surface area (Å²) >= 11 is 2.53. The molecule has 0 saturated carbocycles. The van der Waals surface area contributed by atoms with E-state index >= 15 is 0 Å². The van der Waals surface area contributed by atoms with Gasteiger partial charge in [0.1, 0.15) is 22.4 Å². The Morgan fingerprint density at radius 1 is 0.836 bits per heavy atom. The highest BCUT2D eigenvalue weighted by atomic mass is 32.2. The molecule has 0 aliphatic heterocycles. The zero-order chi connectivity index (χ0) is 38.7. The fraction of sp³-hybridized carbons (Fsp3) is 0.0732. The molecule has 6 aromatic rings. The lowest BCUT2D eigenvalue weighted by Gasteiger charge is -2.17. The Balaban J connectivity index is 1.19. The maximum absolute atomic E-state index is 13.8. The van der Waals surface area contributed by atoms with Gasteiger partial charge in [-0.2, -0.15) is 0 Å². The minimum absolute atomic E-state index is 0.0319. The third-order valence-corrected chi connectivity index (χ3v) is 10.1. The minimum Gasteiger partial charge on any atom is -0.497 e. The van der Waals surface area contributed by atoms with Crippen LogP contribution in [0.4, 0.5) is 16.5 Å². The number of ether oxygens (including phenoxy) is 2. The summed E-state index contributed by atoms with van der Waals surface area (Å²) in [6.45, 7) is 0. The van der Waals surface area contributed by atoms with Gasteiger partial charge in [-0.25, -0.2) is 4.98 Å². The summed E-state index contributed by atoms with van der Waals surface area (Å²) < 4.78 is 10.9. The quantitative estimate of drug-likeness (QED) is 0.0426. The number of nitro groups is 1. The zero-order valence-electron chi connectivity index (χ0n) is 29.4. The van der Waals surface area contributed by atoms with E-state index in [2.05, 4.69) is 20.9 Å². The van der Waals surface area contributed by atoms with Gasteiger partial charge in [-0.1, -0.05) is 60.7 Å². The highest BCUT2D eigenvalue weighted by Crippen LogP contribution is 2.37. The Morgan fingerprint density at radius 2 is 1.56 bits per heavy atom. The highest BCUT2D eigenvalue weighted by molar-refractivity contribution is 8.00. The SMILES string of the molecule is COc1ccc(OC)c(/C=C(\NC(=O)c2ccccc2)C(=O)Nc2ccc(SC(C(=O)Nc3nc(-c4cccc([N+](=O)[O-])c4)cs3)c3ccccc3)cc2)c1. The molecular formula is C41H33N5O7S2. The van der Waals surface area contributed by atoms with E-state index in [9.17, 15) is 24.5 Å². The molecule has 6 rings (SSSR count). The minimum atomic E-state index is -0.674. The van der Waals surface area contributed by atoms with Gasteiger partial charge in [0.15, 0.2) is 5.13 Å². The largest absolute Gasteiger partial charge is 0.497 e. The normalized spacial score (nSPS) is 11.6. The molecule has 0 fully saturated rings. The maximum Gasteiger partial charge on any atom is 0.272 e. The van der Waals surface area contributed by atoms with Gasteiger partial charge in [0.2, 0.25) is 5.91 Å². The van der Waals surface area contributed by atoms with E-state index in [4.69, 9.17) is 9.47 Å². The van der Waals surface area contributed by atoms with Crippen LogP contribution in [0.3, 0.4) is 0 Å². The van der Waals surface area contributed by atoms with Crippen molar-refractivity contribution in [1.29, 1.82) is 0 Å². The van der Waals surface area contributed by atoms with Crippen molar-refractivity contribution in [2.45, 2.75) is 10.1 Å². The number of non-ortho nitro benzene ring substituents is 1. The molecule has 5 aromatic carbocycles. The number of nitrogens with one attached hydrogen (secondary N) is 3. The predicted octanol–water partition coefficient (Wildman–Crippen LogP) is 8.62. The maximum atomic E-state index is 13.8. The molecule has 0 radical (unpaired) electrons. The Kier molecular flexibility index (Phi) is 12.3. The molecular weight excluding hydrogens is 739 g/mol. The zero-order valence-corrected chi connectivity index (χ0v) is 31.1. The predicted molar refractivity (Wildman–Crippen MR) is 214 cm³/mol. The molecule has 1 heterocycles. The molecule has 1 atom stereocenters.